The predicted octanol–water partition coefficient (Wildman–Crippen LogP) is 2.08. The zero-order chi connectivity index (χ0) is 19.2. The van der Waals surface area contributed by atoms with Gasteiger partial charge in [0.2, 0.25) is 5.91 Å². The molecule has 2 unspecified atom stereocenters. The van der Waals surface area contributed by atoms with Crippen LogP contribution in [0.4, 0.5) is 5.69 Å². The van der Waals surface area contributed by atoms with Gasteiger partial charge in [-0.3, -0.25) is 30.6 Å². The van der Waals surface area contributed by atoms with E-state index in [-0.39, 0.29) is 29.0 Å². The molecule has 8 heteroatoms. The lowest BCUT2D eigenvalue weighted by Gasteiger charge is -2.60. The van der Waals surface area contributed by atoms with Crippen LogP contribution in [-0.4, -0.2) is 27.4 Å². The standard InChI is InChI=1S/C19H23N3O5/c23-16(20-21-17(24)14-2-1-3-15(5-14)22(26)27)10-18-6-12-4-13(7-18)9-19(25,8-12)11-18/h1-3,5,12-13,25H,4,6-11H2,(H,20,23)(H,21,24). The van der Waals surface area contributed by atoms with Crippen molar-refractivity contribution in [2.45, 2.75) is 50.5 Å². The van der Waals surface area contributed by atoms with Gasteiger partial charge in [0.25, 0.3) is 11.6 Å². The molecule has 1 aromatic rings. The van der Waals surface area contributed by atoms with Crippen LogP contribution >= 0.6 is 0 Å². The maximum atomic E-state index is 12.4. The minimum absolute atomic E-state index is 0.105. The molecule has 4 aliphatic rings. The molecule has 4 aliphatic carbocycles. The maximum Gasteiger partial charge on any atom is 0.270 e. The lowest BCUT2D eigenvalue weighted by atomic mass is 9.47. The lowest BCUT2D eigenvalue weighted by Crippen LogP contribution is -2.57. The van der Waals surface area contributed by atoms with Gasteiger partial charge in [-0.15, -0.1) is 0 Å². The molecule has 4 fully saturated rings. The Hall–Kier alpha value is -2.48. The summed E-state index contributed by atoms with van der Waals surface area (Å²) in [5.41, 5.74) is 3.87. The Morgan fingerprint density at radius 2 is 1.89 bits per heavy atom. The molecule has 5 rings (SSSR count). The molecule has 0 aliphatic heterocycles. The average molecular weight is 373 g/mol. The molecule has 8 nitrogen and oxygen atoms in total. The summed E-state index contributed by atoms with van der Waals surface area (Å²) in [5.74, 6) is 0.0857. The first-order valence-corrected chi connectivity index (χ1v) is 9.32. The van der Waals surface area contributed by atoms with Crippen molar-refractivity contribution < 1.29 is 19.6 Å². The first-order chi connectivity index (χ1) is 12.8. The molecule has 0 aromatic heterocycles. The summed E-state index contributed by atoms with van der Waals surface area (Å²) < 4.78 is 0. The van der Waals surface area contributed by atoms with Crippen molar-refractivity contribution >= 4 is 17.5 Å². The third-order valence-electron chi connectivity index (χ3n) is 6.32. The van der Waals surface area contributed by atoms with Crippen molar-refractivity contribution in [3.8, 4) is 0 Å². The topological polar surface area (TPSA) is 122 Å². The number of nitro benzene ring substituents is 1. The number of nitrogens with zero attached hydrogens (tertiary/aromatic N) is 1. The highest BCUT2D eigenvalue weighted by Crippen LogP contribution is 2.62. The number of aliphatic hydroxyl groups is 1. The molecule has 4 saturated carbocycles. The third-order valence-corrected chi connectivity index (χ3v) is 6.32. The minimum Gasteiger partial charge on any atom is -0.390 e. The number of non-ortho nitro benzene ring substituents is 1. The summed E-state index contributed by atoms with van der Waals surface area (Å²) in [4.78, 5) is 34.8. The van der Waals surface area contributed by atoms with E-state index in [0.717, 1.165) is 38.2 Å². The van der Waals surface area contributed by atoms with Crippen LogP contribution in [0.25, 0.3) is 0 Å². The Morgan fingerprint density at radius 1 is 1.19 bits per heavy atom. The van der Waals surface area contributed by atoms with Gasteiger partial charge in [0, 0.05) is 24.1 Å². The average Bonchev–Trinajstić information content (AvgIpc) is 2.57. The van der Waals surface area contributed by atoms with Gasteiger partial charge in [-0.1, -0.05) is 6.07 Å². The van der Waals surface area contributed by atoms with Gasteiger partial charge in [0.05, 0.1) is 10.5 Å². The monoisotopic (exact) mass is 373 g/mol. The zero-order valence-electron chi connectivity index (χ0n) is 14.9. The van der Waals surface area contributed by atoms with Gasteiger partial charge in [-0.2, -0.15) is 0 Å². The quantitative estimate of drug-likeness (QED) is 0.551. The summed E-state index contributed by atoms with van der Waals surface area (Å²) in [7, 11) is 0. The SMILES string of the molecule is O=C(CC12CC3CC(CC(O)(C3)C1)C2)NNC(=O)c1cccc([N+](=O)[O-])c1. The Labute approximate surface area is 156 Å². The van der Waals surface area contributed by atoms with E-state index < -0.39 is 16.4 Å². The summed E-state index contributed by atoms with van der Waals surface area (Å²) in [6.07, 6.45) is 5.68. The second-order valence-electron chi connectivity index (χ2n) is 8.67. The third kappa shape index (κ3) is 3.53. The fourth-order valence-electron chi connectivity index (χ4n) is 5.95. The number of benzene rings is 1. The normalized spacial score (nSPS) is 33.5. The second-order valence-corrected chi connectivity index (χ2v) is 8.67. The highest BCUT2D eigenvalue weighted by Gasteiger charge is 2.57. The van der Waals surface area contributed by atoms with E-state index in [2.05, 4.69) is 10.9 Å². The van der Waals surface area contributed by atoms with E-state index in [9.17, 15) is 24.8 Å². The molecule has 2 atom stereocenters. The number of nitrogens with one attached hydrogen (secondary N) is 2. The Bertz CT molecular complexity index is 794. The molecule has 0 saturated heterocycles. The van der Waals surface area contributed by atoms with E-state index in [1.54, 1.807) is 0 Å². The fraction of sp³-hybridized carbons (Fsp3) is 0.579. The Morgan fingerprint density at radius 3 is 2.52 bits per heavy atom. The summed E-state index contributed by atoms with van der Waals surface area (Å²) >= 11 is 0. The minimum atomic E-state index is -0.628. The van der Waals surface area contributed by atoms with Crippen LogP contribution in [0.3, 0.4) is 0 Å². The smallest absolute Gasteiger partial charge is 0.270 e. The highest BCUT2D eigenvalue weighted by molar-refractivity contribution is 5.95. The number of hydrazine groups is 1. The van der Waals surface area contributed by atoms with Gasteiger partial charge in [0.15, 0.2) is 0 Å². The number of amides is 2. The fourth-order valence-corrected chi connectivity index (χ4v) is 5.95. The summed E-state index contributed by atoms with van der Waals surface area (Å²) in [5, 5.41) is 21.6. The summed E-state index contributed by atoms with van der Waals surface area (Å²) in [6, 6.07) is 5.33. The van der Waals surface area contributed by atoms with E-state index in [4.69, 9.17) is 0 Å². The van der Waals surface area contributed by atoms with Crippen LogP contribution in [0.1, 0.15) is 55.3 Å². The molecular weight excluding hydrogens is 350 g/mol. The molecule has 3 N–H and O–H groups in total. The highest BCUT2D eigenvalue weighted by atomic mass is 16.6. The number of hydrogen-bond donors (Lipinski definition) is 3. The van der Waals surface area contributed by atoms with Gasteiger partial charge in [-0.05, 0) is 61.8 Å². The first kappa shape index (κ1) is 17.9. The van der Waals surface area contributed by atoms with Crippen LogP contribution in [0.15, 0.2) is 24.3 Å². The van der Waals surface area contributed by atoms with E-state index in [1.165, 1.54) is 18.2 Å². The summed E-state index contributed by atoms with van der Waals surface area (Å²) in [6.45, 7) is 0. The largest absolute Gasteiger partial charge is 0.390 e. The Kier molecular flexibility index (Phi) is 4.18. The molecule has 0 spiro atoms. The first-order valence-electron chi connectivity index (χ1n) is 9.32. The van der Waals surface area contributed by atoms with E-state index >= 15 is 0 Å². The molecule has 0 heterocycles. The maximum absolute atomic E-state index is 12.4. The number of nitro groups is 1. The molecule has 27 heavy (non-hydrogen) atoms. The van der Waals surface area contributed by atoms with Crippen molar-refractivity contribution in [1.29, 1.82) is 0 Å². The zero-order valence-corrected chi connectivity index (χ0v) is 14.9. The van der Waals surface area contributed by atoms with Crippen LogP contribution in [0, 0.1) is 27.4 Å². The second kappa shape index (κ2) is 6.30. The van der Waals surface area contributed by atoms with E-state index in [1.807, 2.05) is 0 Å². The lowest BCUT2D eigenvalue weighted by molar-refractivity contribution is -0.384. The number of carbonyl (C=O) groups is 2. The predicted molar refractivity (Wildman–Crippen MR) is 95.4 cm³/mol. The van der Waals surface area contributed by atoms with Gasteiger partial charge < -0.3 is 5.11 Å². The molecule has 4 bridgehead atoms. The van der Waals surface area contributed by atoms with E-state index in [0.29, 0.717) is 18.3 Å². The van der Waals surface area contributed by atoms with Crippen molar-refractivity contribution in [3.63, 3.8) is 0 Å². The van der Waals surface area contributed by atoms with Crippen LogP contribution < -0.4 is 10.9 Å². The number of hydrogen-bond acceptors (Lipinski definition) is 5. The van der Waals surface area contributed by atoms with Gasteiger partial charge in [0.1, 0.15) is 0 Å². The molecular formula is C19H23N3O5. The van der Waals surface area contributed by atoms with Crippen molar-refractivity contribution in [1.82, 2.24) is 10.9 Å². The van der Waals surface area contributed by atoms with Gasteiger partial charge >= 0.3 is 0 Å². The molecule has 1 aromatic carbocycles. The van der Waals surface area contributed by atoms with Gasteiger partial charge in [-0.25, -0.2) is 0 Å². The van der Waals surface area contributed by atoms with Crippen LogP contribution in [0.2, 0.25) is 0 Å². The molecule has 2 amide bonds. The van der Waals surface area contributed by atoms with Crippen LogP contribution in [0.5, 0.6) is 0 Å². The van der Waals surface area contributed by atoms with Crippen molar-refractivity contribution in [2.75, 3.05) is 0 Å². The molecule has 144 valence electrons. The number of rotatable bonds is 4. The van der Waals surface area contributed by atoms with Crippen molar-refractivity contribution in [2.24, 2.45) is 17.3 Å². The molecule has 0 radical (unpaired) electrons. The Balaban J connectivity index is 1.36. The van der Waals surface area contributed by atoms with Crippen LogP contribution in [-0.2, 0) is 4.79 Å². The number of carbonyl (C=O) groups excluding carboxylic acids is 2. The van der Waals surface area contributed by atoms with Crippen molar-refractivity contribution in [3.05, 3.63) is 39.9 Å².